The highest BCUT2D eigenvalue weighted by Crippen LogP contribution is 2.36. The Hall–Kier alpha value is -1.36. The number of hydrogen-bond donors (Lipinski definition) is 1. The van der Waals surface area contributed by atoms with E-state index in [2.05, 4.69) is 5.32 Å². The molecule has 4 nitrogen and oxygen atoms in total. The zero-order chi connectivity index (χ0) is 14.0. The Bertz CT molecular complexity index is 492. The van der Waals surface area contributed by atoms with Crippen molar-refractivity contribution in [3.8, 4) is 0 Å². The zero-order valence-electron chi connectivity index (χ0n) is 10.7. The second-order valence-corrected chi connectivity index (χ2v) is 5.38. The summed E-state index contributed by atoms with van der Waals surface area (Å²) in [5.74, 6) is 0.0599. The molecule has 1 aliphatic carbocycles. The number of hydrogen-bond acceptors (Lipinski definition) is 3. The molecule has 0 heterocycles. The molecule has 1 aromatic carbocycles. The Kier molecular flexibility index (Phi) is 4.24. The Balaban J connectivity index is 2.21. The predicted molar refractivity (Wildman–Crippen MR) is 73.1 cm³/mol. The van der Waals surface area contributed by atoms with Gasteiger partial charge in [0.2, 0.25) is 0 Å². The van der Waals surface area contributed by atoms with Gasteiger partial charge in [0.1, 0.15) is 11.5 Å². The topological polar surface area (TPSA) is 55.2 Å². The number of nitrogens with one attached hydrogen (secondary N) is 1. The summed E-state index contributed by atoms with van der Waals surface area (Å²) in [6.07, 6.45) is 4.25. The Morgan fingerprint density at radius 2 is 2.26 bits per heavy atom. The van der Waals surface area contributed by atoms with Gasteiger partial charge in [-0.25, -0.2) is 4.39 Å². The van der Waals surface area contributed by atoms with E-state index in [4.69, 9.17) is 11.6 Å². The molecule has 19 heavy (non-hydrogen) atoms. The number of nitro benzene ring substituents is 1. The first-order valence-corrected chi connectivity index (χ1v) is 6.79. The largest absolute Gasteiger partial charge is 0.377 e. The molecule has 1 atom stereocenters. The maximum atomic E-state index is 13.5. The van der Waals surface area contributed by atoms with Gasteiger partial charge in [0.05, 0.1) is 9.95 Å². The molecule has 0 amide bonds. The maximum absolute atomic E-state index is 13.5. The summed E-state index contributed by atoms with van der Waals surface area (Å²) in [7, 11) is 0. The highest BCUT2D eigenvalue weighted by Gasteiger charge is 2.26. The van der Waals surface area contributed by atoms with Crippen molar-refractivity contribution in [2.75, 3.05) is 5.32 Å². The van der Waals surface area contributed by atoms with E-state index in [9.17, 15) is 14.5 Å². The quantitative estimate of drug-likeness (QED) is 0.624. The first-order valence-electron chi connectivity index (χ1n) is 6.41. The standard InChI is InChI=1S/C13H16ClFN2O2/c1-2-9(5-8-3-4-8)16-12-7-11(15)10(14)6-13(12)17(18)19/h6-9,16H,2-5H2,1H3. The second kappa shape index (κ2) is 5.74. The van der Waals surface area contributed by atoms with Gasteiger partial charge in [-0.15, -0.1) is 0 Å². The molecule has 6 heteroatoms. The fourth-order valence-electron chi connectivity index (χ4n) is 2.11. The molecule has 0 saturated heterocycles. The second-order valence-electron chi connectivity index (χ2n) is 4.97. The Labute approximate surface area is 116 Å². The van der Waals surface area contributed by atoms with E-state index >= 15 is 0 Å². The molecule has 1 N–H and O–H groups in total. The minimum Gasteiger partial charge on any atom is -0.377 e. The van der Waals surface area contributed by atoms with Crippen LogP contribution in [-0.2, 0) is 0 Å². The normalized spacial score (nSPS) is 16.2. The fourth-order valence-corrected chi connectivity index (χ4v) is 2.26. The molecule has 1 fully saturated rings. The third-order valence-corrected chi connectivity index (χ3v) is 3.69. The van der Waals surface area contributed by atoms with Crippen LogP contribution in [0.25, 0.3) is 0 Å². The summed E-state index contributed by atoms with van der Waals surface area (Å²) in [6.45, 7) is 2.01. The van der Waals surface area contributed by atoms with Crippen LogP contribution in [0.15, 0.2) is 12.1 Å². The van der Waals surface area contributed by atoms with Crippen LogP contribution < -0.4 is 5.32 Å². The molecule has 1 unspecified atom stereocenters. The van der Waals surface area contributed by atoms with E-state index in [0.29, 0.717) is 5.92 Å². The van der Waals surface area contributed by atoms with Crippen molar-refractivity contribution in [1.82, 2.24) is 0 Å². The molecule has 1 aliphatic rings. The van der Waals surface area contributed by atoms with E-state index in [-0.39, 0.29) is 22.4 Å². The summed E-state index contributed by atoms with van der Waals surface area (Å²) in [4.78, 5) is 10.4. The van der Waals surface area contributed by atoms with Gasteiger partial charge in [0.25, 0.3) is 5.69 Å². The van der Waals surface area contributed by atoms with Crippen LogP contribution in [-0.4, -0.2) is 11.0 Å². The monoisotopic (exact) mass is 286 g/mol. The molecule has 2 rings (SSSR count). The number of rotatable bonds is 6. The van der Waals surface area contributed by atoms with Gasteiger partial charge in [-0.2, -0.15) is 0 Å². The number of halogens is 2. The van der Waals surface area contributed by atoms with Crippen molar-refractivity contribution in [3.63, 3.8) is 0 Å². The van der Waals surface area contributed by atoms with Gasteiger partial charge in [0.15, 0.2) is 0 Å². The van der Waals surface area contributed by atoms with Crippen LogP contribution in [0.3, 0.4) is 0 Å². The average molecular weight is 287 g/mol. The summed E-state index contributed by atoms with van der Waals surface area (Å²) in [6, 6.07) is 2.30. The molecule has 0 bridgehead atoms. The number of nitrogens with zero attached hydrogens (tertiary/aromatic N) is 1. The maximum Gasteiger partial charge on any atom is 0.294 e. The van der Waals surface area contributed by atoms with Crippen LogP contribution in [0.1, 0.15) is 32.6 Å². The molecular weight excluding hydrogens is 271 g/mol. The van der Waals surface area contributed by atoms with E-state index in [1.807, 2.05) is 6.92 Å². The summed E-state index contributed by atoms with van der Waals surface area (Å²) in [5, 5.41) is 13.8. The van der Waals surface area contributed by atoms with E-state index in [1.165, 1.54) is 12.8 Å². The molecule has 1 aromatic rings. The summed E-state index contributed by atoms with van der Waals surface area (Å²) >= 11 is 5.59. The van der Waals surface area contributed by atoms with E-state index in [1.54, 1.807) is 0 Å². The lowest BCUT2D eigenvalue weighted by Gasteiger charge is -2.18. The van der Waals surface area contributed by atoms with Crippen molar-refractivity contribution in [2.45, 2.75) is 38.6 Å². The van der Waals surface area contributed by atoms with Crippen LogP contribution in [0.2, 0.25) is 5.02 Å². The van der Waals surface area contributed by atoms with Crippen LogP contribution in [0.5, 0.6) is 0 Å². The smallest absolute Gasteiger partial charge is 0.294 e. The minimum atomic E-state index is -0.643. The molecule has 104 valence electrons. The molecule has 0 radical (unpaired) electrons. The summed E-state index contributed by atoms with van der Waals surface area (Å²) < 4.78 is 13.5. The zero-order valence-corrected chi connectivity index (χ0v) is 11.4. The van der Waals surface area contributed by atoms with Gasteiger partial charge in [-0.3, -0.25) is 10.1 Å². The molecule has 0 aromatic heterocycles. The third kappa shape index (κ3) is 3.56. The first-order chi connectivity index (χ1) is 9.01. The van der Waals surface area contributed by atoms with Crippen molar-refractivity contribution in [2.24, 2.45) is 5.92 Å². The Morgan fingerprint density at radius 1 is 1.58 bits per heavy atom. The first kappa shape index (κ1) is 14.1. The van der Waals surface area contributed by atoms with Gasteiger partial charge in [-0.05, 0) is 18.8 Å². The van der Waals surface area contributed by atoms with Crippen molar-refractivity contribution in [3.05, 3.63) is 33.1 Å². The van der Waals surface area contributed by atoms with Crippen molar-refractivity contribution >= 4 is 23.0 Å². The predicted octanol–water partition coefficient (Wildman–Crippen LogP) is 4.38. The molecular formula is C13H16ClFN2O2. The van der Waals surface area contributed by atoms with Gasteiger partial charge < -0.3 is 5.32 Å². The number of nitro groups is 1. The number of benzene rings is 1. The molecule has 0 aliphatic heterocycles. The van der Waals surface area contributed by atoms with E-state index < -0.39 is 10.7 Å². The van der Waals surface area contributed by atoms with Crippen LogP contribution in [0.4, 0.5) is 15.8 Å². The lowest BCUT2D eigenvalue weighted by atomic mass is 10.1. The lowest BCUT2D eigenvalue weighted by molar-refractivity contribution is -0.384. The van der Waals surface area contributed by atoms with Gasteiger partial charge in [-0.1, -0.05) is 31.4 Å². The van der Waals surface area contributed by atoms with Crippen LogP contribution >= 0.6 is 11.6 Å². The van der Waals surface area contributed by atoms with Gasteiger partial charge in [0, 0.05) is 18.2 Å². The average Bonchev–Trinajstić information content (AvgIpc) is 3.16. The van der Waals surface area contributed by atoms with Gasteiger partial charge >= 0.3 is 0 Å². The lowest BCUT2D eigenvalue weighted by Crippen LogP contribution is -2.20. The molecule has 1 saturated carbocycles. The minimum absolute atomic E-state index is 0.131. The summed E-state index contributed by atoms with van der Waals surface area (Å²) in [5.41, 5.74) is 0.0278. The number of anilines is 1. The van der Waals surface area contributed by atoms with Crippen molar-refractivity contribution < 1.29 is 9.31 Å². The highest BCUT2D eigenvalue weighted by atomic mass is 35.5. The van der Waals surface area contributed by atoms with Crippen molar-refractivity contribution in [1.29, 1.82) is 0 Å². The highest BCUT2D eigenvalue weighted by molar-refractivity contribution is 6.31. The third-order valence-electron chi connectivity index (χ3n) is 3.40. The van der Waals surface area contributed by atoms with E-state index in [0.717, 1.165) is 25.0 Å². The SMILES string of the molecule is CCC(CC1CC1)Nc1cc(F)c(Cl)cc1[N+](=O)[O-]. The molecule has 0 spiro atoms. The van der Waals surface area contributed by atoms with Crippen LogP contribution in [0, 0.1) is 21.8 Å². The fraction of sp³-hybridized carbons (Fsp3) is 0.538. The Morgan fingerprint density at radius 3 is 2.79 bits per heavy atom.